The molecule has 0 spiro atoms. The van der Waals surface area contributed by atoms with Gasteiger partial charge in [-0.2, -0.15) is 0 Å². The molecule has 2 aromatic rings. The van der Waals surface area contributed by atoms with Gasteiger partial charge in [0.2, 0.25) is 5.91 Å². The lowest BCUT2D eigenvalue weighted by molar-refractivity contribution is -0.141. The highest BCUT2D eigenvalue weighted by atomic mass is 35.5. The Balaban J connectivity index is 2.17. The molecule has 6 nitrogen and oxygen atoms in total. The maximum atomic E-state index is 12.7. The third kappa shape index (κ3) is 3.64. The number of halogens is 1. The normalized spacial score (nSPS) is 18.5. The van der Waals surface area contributed by atoms with Crippen molar-refractivity contribution in [2.24, 2.45) is 5.73 Å². The Hall–Kier alpha value is -3.12. The standard InChI is InChI=1S/C21H19ClN2O4/c1-2-12-3-5-13(6-4-12)18-17(19(26)14-7-9-15(22)10-8-14)20(27)21(28)24(18)11-16(23)25/h3-10,18,26H,2,11H2,1H3,(H2,23,25)/b19-17+. The van der Waals surface area contributed by atoms with E-state index in [9.17, 15) is 19.5 Å². The number of aliphatic hydroxyl groups excluding tert-OH is 1. The summed E-state index contributed by atoms with van der Waals surface area (Å²) in [5.41, 5.74) is 7.22. The summed E-state index contributed by atoms with van der Waals surface area (Å²) < 4.78 is 0. The van der Waals surface area contributed by atoms with Gasteiger partial charge in [-0.15, -0.1) is 0 Å². The van der Waals surface area contributed by atoms with E-state index in [1.54, 1.807) is 36.4 Å². The molecule has 0 radical (unpaired) electrons. The van der Waals surface area contributed by atoms with Gasteiger partial charge in [-0.05, 0) is 41.8 Å². The quantitative estimate of drug-likeness (QED) is 0.459. The van der Waals surface area contributed by atoms with E-state index in [0.717, 1.165) is 16.9 Å². The van der Waals surface area contributed by atoms with E-state index >= 15 is 0 Å². The lowest BCUT2D eigenvalue weighted by Gasteiger charge is -2.24. The highest BCUT2D eigenvalue weighted by Crippen LogP contribution is 2.39. The average Bonchev–Trinajstić information content (AvgIpc) is 2.92. The third-order valence-electron chi connectivity index (χ3n) is 4.69. The van der Waals surface area contributed by atoms with E-state index < -0.39 is 30.2 Å². The fraction of sp³-hybridized carbons (Fsp3) is 0.190. The van der Waals surface area contributed by atoms with Crippen LogP contribution in [0.15, 0.2) is 54.1 Å². The van der Waals surface area contributed by atoms with Crippen LogP contribution >= 0.6 is 11.6 Å². The molecule has 2 amide bonds. The molecule has 1 aliphatic heterocycles. The zero-order valence-corrected chi connectivity index (χ0v) is 15.9. The molecule has 0 aliphatic carbocycles. The van der Waals surface area contributed by atoms with Gasteiger partial charge in [0.1, 0.15) is 12.3 Å². The first-order valence-corrected chi connectivity index (χ1v) is 9.12. The van der Waals surface area contributed by atoms with E-state index in [1.165, 1.54) is 0 Å². The Kier molecular flexibility index (Phi) is 5.51. The molecular weight excluding hydrogens is 380 g/mol. The molecule has 1 fully saturated rings. The maximum Gasteiger partial charge on any atom is 0.296 e. The van der Waals surface area contributed by atoms with Crippen LogP contribution in [0, 0.1) is 0 Å². The van der Waals surface area contributed by atoms with Gasteiger partial charge in [-0.1, -0.05) is 42.8 Å². The molecule has 144 valence electrons. The molecule has 3 rings (SSSR count). The Bertz CT molecular complexity index is 965. The Labute approximate surface area is 167 Å². The number of hydrogen-bond acceptors (Lipinski definition) is 4. The molecule has 1 aliphatic rings. The summed E-state index contributed by atoms with van der Waals surface area (Å²) in [6, 6.07) is 12.6. The zero-order chi connectivity index (χ0) is 20.4. The van der Waals surface area contributed by atoms with Crippen LogP contribution in [0.1, 0.15) is 29.7 Å². The van der Waals surface area contributed by atoms with Gasteiger partial charge in [-0.25, -0.2) is 0 Å². The first kappa shape index (κ1) is 19.6. The number of aliphatic hydroxyl groups is 1. The zero-order valence-electron chi connectivity index (χ0n) is 15.2. The van der Waals surface area contributed by atoms with Crippen LogP contribution in [-0.2, 0) is 20.8 Å². The summed E-state index contributed by atoms with van der Waals surface area (Å²) in [6.07, 6.45) is 0.826. The minimum Gasteiger partial charge on any atom is -0.507 e. The van der Waals surface area contributed by atoms with Crippen molar-refractivity contribution in [1.82, 2.24) is 4.90 Å². The van der Waals surface area contributed by atoms with Crippen molar-refractivity contribution in [2.75, 3.05) is 6.54 Å². The Morgan fingerprint density at radius 2 is 1.71 bits per heavy atom. The van der Waals surface area contributed by atoms with Crippen LogP contribution in [0.3, 0.4) is 0 Å². The van der Waals surface area contributed by atoms with Gasteiger partial charge in [0.25, 0.3) is 11.7 Å². The Morgan fingerprint density at radius 3 is 2.25 bits per heavy atom. The number of benzene rings is 2. The molecule has 0 bridgehead atoms. The molecule has 1 unspecified atom stereocenters. The monoisotopic (exact) mass is 398 g/mol. The first-order valence-electron chi connectivity index (χ1n) is 8.75. The minimum absolute atomic E-state index is 0.0854. The molecule has 0 aromatic heterocycles. The topological polar surface area (TPSA) is 101 Å². The SMILES string of the molecule is CCc1ccc(C2/C(=C(\O)c3ccc(Cl)cc3)C(=O)C(=O)N2CC(N)=O)cc1. The molecule has 3 N–H and O–H groups in total. The predicted octanol–water partition coefficient (Wildman–Crippen LogP) is 2.81. The largest absolute Gasteiger partial charge is 0.507 e. The first-order chi connectivity index (χ1) is 13.3. The number of hydrogen-bond donors (Lipinski definition) is 2. The number of primary amides is 1. The number of ketones is 1. The van der Waals surface area contributed by atoms with Gasteiger partial charge >= 0.3 is 0 Å². The second-order valence-corrected chi connectivity index (χ2v) is 6.93. The van der Waals surface area contributed by atoms with Crippen molar-refractivity contribution in [2.45, 2.75) is 19.4 Å². The molecule has 1 atom stereocenters. The van der Waals surface area contributed by atoms with Crippen molar-refractivity contribution >= 4 is 35.0 Å². The summed E-state index contributed by atoms with van der Waals surface area (Å²) in [5, 5.41) is 11.3. The number of rotatable bonds is 5. The van der Waals surface area contributed by atoms with E-state index in [0.29, 0.717) is 16.1 Å². The summed E-state index contributed by atoms with van der Waals surface area (Å²) in [5.74, 6) is -2.81. The van der Waals surface area contributed by atoms with Crippen LogP contribution in [0.4, 0.5) is 0 Å². The van der Waals surface area contributed by atoms with Gasteiger partial charge in [0.05, 0.1) is 11.6 Å². The van der Waals surface area contributed by atoms with Gasteiger partial charge in [0.15, 0.2) is 0 Å². The van der Waals surface area contributed by atoms with Gasteiger partial charge in [0, 0.05) is 10.6 Å². The van der Waals surface area contributed by atoms with E-state index in [1.807, 2.05) is 19.1 Å². The fourth-order valence-electron chi connectivity index (χ4n) is 3.26. The number of amides is 2. The second kappa shape index (κ2) is 7.86. The highest BCUT2D eigenvalue weighted by Gasteiger charge is 2.46. The van der Waals surface area contributed by atoms with Crippen LogP contribution in [0.2, 0.25) is 5.02 Å². The van der Waals surface area contributed by atoms with Crippen molar-refractivity contribution in [3.63, 3.8) is 0 Å². The van der Waals surface area contributed by atoms with Crippen molar-refractivity contribution in [1.29, 1.82) is 0 Å². The minimum atomic E-state index is -0.908. The van der Waals surface area contributed by atoms with E-state index in [-0.39, 0.29) is 11.3 Å². The fourth-order valence-corrected chi connectivity index (χ4v) is 3.38. The van der Waals surface area contributed by atoms with Crippen LogP contribution in [-0.4, -0.2) is 34.1 Å². The average molecular weight is 399 g/mol. The van der Waals surface area contributed by atoms with Crippen molar-refractivity contribution in [3.8, 4) is 0 Å². The van der Waals surface area contributed by atoms with Crippen LogP contribution in [0.5, 0.6) is 0 Å². The predicted molar refractivity (Wildman–Crippen MR) is 105 cm³/mol. The molecule has 1 heterocycles. The molecule has 28 heavy (non-hydrogen) atoms. The third-order valence-corrected chi connectivity index (χ3v) is 4.94. The van der Waals surface area contributed by atoms with E-state index in [2.05, 4.69) is 0 Å². The summed E-state index contributed by atoms with van der Waals surface area (Å²) in [4.78, 5) is 37.8. The lowest BCUT2D eigenvalue weighted by atomic mass is 9.94. The highest BCUT2D eigenvalue weighted by molar-refractivity contribution is 6.47. The number of carbonyl (C=O) groups is 3. The molecule has 0 saturated carbocycles. The molecular formula is C21H19ClN2O4. The molecule has 1 saturated heterocycles. The second-order valence-electron chi connectivity index (χ2n) is 6.50. The van der Waals surface area contributed by atoms with Gasteiger partial charge < -0.3 is 15.7 Å². The van der Waals surface area contributed by atoms with E-state index in [4.69, 9.17) is 17.3 Å². The molecule has 7 heteroatoms. The smallest absolute Gasteiger partial charge is 0.296 e. The van der Waals surface area contributed by atoms with Gasteiger partial charge in [-0.3, -0.25) is 14.4 Å². The summed E-state index contributed by atoms with van der Waals surface area (Å²) in [7, 11) is 0. The van der Waals surface area contributed by atoms with Crippen LogP contribution < -0.4 is 5.73 Å². The summed E-state index contributed by atoms with van der Waals surface area (Å²) >= 11 is 5.88. The maximum absolute atomic E-state index is 12.7. The lowest BCUT2D eigenvalue weighted by Crippen LogP contribution is -2.37. The Morgan fingerprint density at radius 1 is 1.11 bits per heavy atom. The summed E-state index contributed by atoms with van der Waals surface area (Å²) in [6.45, 7) is 1.58. The van der Waals surface area contributed by atoms with Crippen LogP contribution in [0.25, 0.3) is 5.76 Å². The number of carbonyl (C=O) groups excluding carboxylic acids is 3. The number of nitrogens with two attached hydrogens (primary N) is 1. The number of Topliss-reactive ketones (excluding diaryl/α,β-unsaturated/α-hetero) is 1. The van der Waals surface area contributed by atoms with Crippen molar-refractivity contribution < 1.29 is 19.5 Å². The number of aryl methyl sites for hydroxylation is 1. The number of likely N-dealkylation sites (tertiary alicyclic amines) is 1. The molecule has 2 aromatic carbocycles. The van der Waals surface area contributed by atoms with Crippen molar-refractivity contribution in [3.05, 3.63) is 75.8 Å². The number of nitrogens with zero attached hydrogens (tertiary/aromatic N) is 1.